The number of para-hydroxylation sites is 1. The first-order valence-corrected chi connectivity index (χ1v) is 6.45. The number of carbonyl (C=O) groups is 1. The van der Waals surface area contributed by atoms with Gasteiger partial charge in [0.05, 0.1) is 5.69 Å². The minimum atomic E-state index is 0.227. The van der Waals surface area contributed by atoms with Crippen LogP contribution in [0.3, 0.4) is 0 Å². The Balaban J connectivity index is 1.95. The van der Waals surface area contributed by atoms with Crippen LogP contribution in [0.4, 0.5) is 5.69 Å². The summed E-state index contributed by atoms with van der Waals surface area (Å²) in [5.74, 6) is 1.08. The average molecular weight is 256 g/mol. The highest BCUT2D eigenvalue weighted by molar-refractivity contribution is 6.03. The molecule has 0 radical (unpaired) electrons. The van der Waals surface area contributed by atoms with Crippen LogP contribution in [-0.2, 0) is 6.54 Å². The quantitative estimate of drug-likeness (QED) is 0.829. The number of aryl methyl sites for hydroxylation is 2. The number of benzene rings is 1. The number of ketones is 1. The van der Waals surface area contributed by atoms with Crippen LogP contribution in [0.25, 0.3) is 0 Å². The molecule has 2 heterocycles. The van der Waals surface area contributed by atoms with E-state index in [0.29, 0.717) is 6.42 Å². The van der Waals surface area contributed by atoms with E-state index >= 15 is 0 Å². The first-order chi connectivity index (χ1) is 9.16. The van der Waals surface area contributed by atoms with Gasteiger partial charge in [-0.1, -0.05) is 17.3 Å². The summed E-state index contributed by atoms with van der Waals surface area (Å²) in [6, 6.07) is 7.79. The van der Waals surface area contributed by atoms with Gasteiger partial charge in [0.25, 0.3) is 0 Å². The summed E-state index contributed by atoms with van der Waals surface area (Å²) in [5.41, 5.74) is 3.87. The molecule has 0 saturated heterocycles. The van der Waals surface area contributed by atoms with E-state index in [1.54, 1.807) is 0 Å². The molecular weight excluding hydrogens is 240 g/mol. The fourth-order valence-corrected chi connectivity index (χ4v) is 2.56. The molecule has 98 valence electrons. The molecule has 4 heteroatoms. The maximum Gasteiger partial charge on any atom is 0.166 e. The number of fused-ring (bicyclic) bond motifs is 1. The third kappa shape index (κ3) is 2.03. The van der Waals surface area contributed by atoms with E-state index in [0.717, 1.165) is 41.4 Å². The number of nitrogens with zero attached hydrogens (tertiary/aromatic N) is 2. The van der Waals surface area contributed by atoms with Crippen LogP contribution < -0.4 is 4.90 Å². The van der Waals surface area contributed by atoms with Gasteiger partial charge in [-0.05, 0) is 26.0 Å². The van der Waals surface area contributed by atoms with Crippen LogP contribution >= 0.6 is 0 Å². The van der Waals surface area contributed by atoms with E-state index in [1.807, 2.05) is 38.1 Å². The van der Waals surface area contributed by atoms with Gasteiger partial charge >= 0.3 is 0 Å². The maximum atomic E-state index is 11.9. The van der Waals surface area contributed by atoms with Crippen molar-refractivity contribution in [3.05, 3.63) is 46.8 Å². The van der Waals surface area contributed by atoms with Crippen LogP contribution in [0.5, 0.6) is 0 Å². The number of aromatic nitrogens is 1. The molecule has 0 amide bonds. The number of anilines is 1. The van der Waals surface area contributed by atoms with Gasteiger partial charge in [-0.15, -0.1) is 0 Å². The molecule has 0 spiro atoms. The summed E-state index contributed by atoms with van der Waals surface area (Å²) in [6.45, 7) is 5.37. The molecule has 0 unspecified atom stereocenters. The molecule has 1 aliphatic heterocycles. The van der Waals surface area contributed by atoms with E-state index in [4.69, 9.17) is 4.52 Å². The average Bonchev–Trinajstić information content (AvgIpc) is 2.74. The Morgan fingerprint density at radius 2 is 2.11 bits per heavy atom. The van der Waals surface area contributed by atoms with Gasteiger partial charge in [0.1, 0.15) is 5.76 Å². The lowest BCUT2D eigenvalue weighted by atomic mass is 9.99. The zero-order chi connectivity index (χ0) is 13.4. The van der Waals surface area contributed by atoms with Crippen molar-refractivity contribution in [2.75, 3.05) is 11.4 Å². The van der Waals surface area contributed by atoms with Crippen LogP contribution in [0, 0.1) is 13.8 Å². The molecule has 3 rings (SSSR count). The van der Waals surface area contributed by atoms with E-state index in [1.165, 1.54) is 0 Å². The number of carbonyl (C=O) groups excluding carboxylic acids is 1. The first kappa shape index (κ1) is 12.0. The Hall–Kier alpha value is -2.10. The molecule has 0 fully saturated rings. The van der Waals surface area contributed by atoms with Crippen LogP contribution in [0.15, 0.2) is 28.8 Å². The molecular formula is C15H16N2O2. The molecule has 19 heavy (non-hydrogen) atoms. The molecule has 0 bridgehead atoms. The smallest absolute Gasteiger partial charge is 0.166 e. The van der Waals surface area contributed by atoms with Crippen molar-refractivity contribution in [2.45, 2.75) is 26.8 Å². The minimum absolute atomic E-state index is 0.227. The molecule has 0 atom stereocenters. The highest BCUT2D eigenvalue weighted by Gasteiger charge is 2.24. The number of hydrogen-bond acceptors (Lipinski definition) is 4. The fraction of sp³-hybridized carbons (Fsp3) is 0.333. The molecule has 1 aliphatic rings. The lowest BCUT2D eigenvalue weighted by molar-refractivity contribution is 0.0979. The predicted octanol–water partition coefficient (Wildman–Crippen LogP) is 2.88. The first-order valence-electron chi connectivity index (χ1n) is 6.45. The zero-order valence-corrected chi connectivity index (χ0v) is 11.1. The SMILES string of the molecule is Cc1noc(C)c1CN1CCC(=O)c2ccccc21. The monoisotopic (exact) mass is 256 g/mol. The highest BCUT2D eigenvalue weighted by Crippen LogP contribution is 2.29. The number of Topliss-reactive ketones (excluding diaryl/α,β-unsaturated/α-hetero) is 1. The molecule has 0 aliphatic carbocycles. The predicted molar refractivity (Wildman–Crippen MR) is 72.4 cm³/mol. The second kappa shape index (κ2) is 4.53. The number of rotatable bonds is 2. The normalized spacial score (nSPS) is 14.6. The standard InChI is InChI=1S/C15H16N2O2/c1-10-13(11(2)19-16-10)9-17-8-7-15(18)12-5-3-4-6-14(12)17/h3-6H,7-9H2,1-2H3. The van der Waals surface area contributed by atoms with Gasteiger partial charge in [0, 0.05) is 36.3 Å². The van der Waals surface area contributed by atoms with Crippen molar-refractivity contribution in [3.63, 3.8) is 0 Å². The largest absolute Gasteiger partial charge is 0.366 e. The third-order valence-corrected chi connectivity index (χ3v) is 3.68. The second-order valence-corrected chi connectivity index (χ2v) is 4.91. The number of hydrogen-bond donors (Lipinski definition) is 0. The summed E-state index contributed by atoms with van der Waals surface area (Å²) < 4.78 is 5.20. The summed E-state index contributed by atoms with van der Waals surface area (Å²) >= 11 is 0. The van der Waals surface area contributed by atoms with E-state index < -0.39 is 0 Å². The minimum Gasteiger partial charge on any atom is -0.366 e. The van der Waals surface area contributed by atoms with Crippen molar-refractivity contribution in [1.29, 1.82) is 0 Å². The topological polar surface area (TPSA) is 46.3 Å². The van der Waals surface area contributed by atoms with Crippen LogP contribution in [0.1, 0.15) is 33.8 Å². The van der Waals surface area contributed by atoms with E-state index in [9.17, 15) is 4.79 Å². The summed E-state index contributed by atoms with van der Waals surface area (Å²) in [5, 5.41) is 3.98. The second-order valence-electron chi connectivity index (χ2n) is 4.91. The molecule has 0 N–H and O–H groups in total. The van der Waals surface area contributed by atoms with Crippen molar-refractivity contribution < 1.29 is 9.32 Å². The van der Waals surface area contributed by atoms with Gasteiger partial charge in [-0.25, -0.2) is 0 Å². The summed E-state index contributed by atoms with van der Waals surface area (Å²) in [4.78, 5) is 14.1. The van der Waals surface area contributed by atoms with Gasteiger partial charge < -0.3 is 9.42 Å². The lowest BCUT2D eigenvalue weighted by Gasteiger charge is -2.30. The van der Waals surface area contributed by atoms with Crippen LogP contribution in [0.2, 0.25) is 0 Å². The zero-order valence-electron chi connectivity index (χ0n) is 11.1. The summed E-state index contributed by atoms with van der Waals surface area (Å²) in [7, 11) is 0. The van der Waals surface area contributed by atoms with Crippen LogP contribution in [-0.4, -0.2) is 17.5 Å². The highest BCUT2D eigenvalue weighted by atomic mass is 16.5. The summed E-state index contributed by atoms with van der Waals surface area (Å²) in [6.07, 6.45) is 0.570. The van der Waals surface area contributed by atoms with Gasteiger partial charge in [-0.3, -0.25) is 4.79 Å². The Morgan fingerprint density at radius 1 is 1.32 bits per heavy atom. The Labute approximate surface area is 112 Å². The Bertz CT molecular complexity index is 611. The van der Waals surface area contributed by atoms with Crippen molar-refractivity contribution in [1.82, 2.24) is 5.16 Å². The van der Waals surface area contributed by atoms with Gasteiger partial charge in [-0.2, -0.15) is 0 Å². The third-order valence-electron chi connectivity index (χ3n) is 3.68. The Kier molecular flexibility index (Phi) is 2.85. The maximum absolute atomic E-state index is 11.9. The van der Waals surface area contributed by atoms with E-state index in [2.05, 4.69) is 10.1 Å². The molecule has 1 aromatic heterocycles. The van der Waals surface area contributed by atoms with Crippen molar-refractivity contribution in [3.8, 4) is 0 Å². The van der Waals surface area contributed by atoms with Crippen molar-refractivity contribution >= 4 is 11.5 Å². The molecule has 2 aromatic rings. The van der Waals surface area contributed by atoms with Gasteiger partial charge in [0.15, 0.2) is 5.78 Å². The molecule has 4 nitrogen and oxygen atoms in total. The van der Waals surface area contributed by atoms with Gasteiger partial charge in [0.2, 0.25) is 0 Å². The molecule has 0 saturated carbocycles. The van der Waals surface area contributed by atoms with Crippen molar-refractivity contribution in [2.24, 2.45) is 0 Å². The Morgan fingerprint density at radius 3 is 2.84 bits per heavy atom. The lowest BCUT2D eigenvalue weighted by Crippen LogP contribution is -2.31. The van der Waals surface area contributed by atoms with E-state index in [-0.39, 0.29) is 5.78 Å². The molecule has 1 aromatic carbocycles. The fourth-order valence-electron chi connectivity index (χ4n) is 2.56.